The minimum absolute atomic E-state index is 0.00986. The molecule has 32 heavy (non-hydrogen) atoms. The van der Waals surface area contributed by atoms with Gasteiger partial charge < -0.3 is 9.84 Å². The van der Waals surface area contributed by atoms with Crippen molar-refractivity contribution in [2.24, 2.45) is 10.5 Å². The Morgan fingerprint density at radius 1 is 1.22 bits per heavy atom. The first kappa shape index (κ1) is 25.3. The van der Waals surface area contributed by atoms with Crippen LogP contribution in [0, 0.1) is 15.5 Å². The zero-order chi connectivity index (χ0) is 24.1. The molecule has 0 heterocycles. The first-order valence-corrected chi connectivity index (χ1v) is 10.8. The van der Waals surface area contributed by atoms with Crippen LogP contribution in [0.4, 0.5) is 5.69 Å². The van der Waals surface area contributed by atoms with Crippen molar-refractivity contribution < 1.29 is 19.6 Å². The van der Waals surface area contributed by atoms with E-state index >= 15 is 0 Å². The molecule has 2 N–H and O–H groups in total. The summed E-state index contributed by atoms with van der Waals surface area (Å²) in [4.78, 5) is 22.2. The van der Waals surface area contributed by atoms with Gasteiger partial charge in [0.25, 0.3) is 5.91 Å². The number of carbonyl (C=O) groups excluding carboxylic acids is 1. The molecular formula is C23H28BrN3O5. The van der Waals surface area contributed by atoms with Gasteiger partial charge in [0, 0.05) is 16.1 Å². The molecule has 0 aliphatic carbocycles. The second-order valence-corrected chi connectivity index (χ2v) is 10.3. The van der Waals surface area contributed by atoms with Gasteiger partial charge in [-0.2, -0.15) is 5.10 Å². The van der Waals surface area contributed by atoms with Crippen LogP contribution in [0.5, 0.6) is 11.5 Å². The Hall–Kier alpha value is -2.94. The number of phenols is 1. The second-order valence-electron chi connectivity index (χ2n) is 9.35. The summed E-state index contributed by atoms with van der Waals surface area (Å²) < 4.78 is 5.90. The molecule has 172 valence electrons. The molecule has 2 aromatic rings. The molecule has 0 spiro atoms. The van der Waals surface area contributed by atoms with E-state index in [0.717, 1.165) is 12.6 Å². The minimum Gasteiger partial charge on any atom is -0.502 e. The van der Waals surface area contributed by atoms with Crippen molar-refractivity contribution in [2.45, 2.75) is 46.5 Å². The summed E-state index contributed by atoms with van der Waals surface area (Å²) in [6, 6.07) is 10.3. The number of carbonyl (C=O) groups is 1. The molecule has 0 bridgehead atoms. The minimum atomic E-state index is -0.709. The van der Waals surface area contributed by atoms with Gasteiger partial charge in [0.15, 0.2) is 6.61 Å². The molecule has 8 nitrogen and oxygen atoms in total. The van der Waals surface area contributed by atoms with Crippen molar-refractivity contribution in [2.75, 3.05) is 6.61 Å². The maximum Gasteiger partial charge on any atom is 0.312 e. The lowest BCUT2D eigenvalue weighted by Gasteiger charge is -2.33. The number of phenolic OH excluding ortho intramolecular Hbond substituents is 1. The van der Waals surface area contributed by atoms with E-state index < -0.39 is 22.3 Å². The van der Waals surface area contributed by atoms with E-state index in [2.05, 4.69) is 61.1 Å². The fourth-order valence-corrected chi connectivity index (χ4v) is 4.09. The maximum absolute atomic E-state index is 12.0. The molecule has 2 rings (SSSR count). The number of ether oxygens (including phenoxy) is 1. The van der Waals surface area contributed by atoms with E-state index in [0.29, 0.717) is 10.2 Å². The summed E-state index contributed by atoms with van der Waals surface area (Å²) in [5, 5.41) is 24.6. The van der Waals surface area contributed by atoms with E-state index in [1.54, 1.807) is 0 Å². The van der Waals surface area contributed by atoms with Crippen LogP contribution < -0.4 is 10.2 Å². The zero-order valence-corrected chi connectivity index (χ0v) is 20.4. The summed E-state index contributed by atoms with van der Waals surface area (Å²) in [6.45, 7) is 10.8. The molecule has 0 radical (unpaired) electrons. The Morgan fingerprint density at radius 3 is 2.41 bits per heavy atom. The van der Waals surface area contributed by atoms with Crippen LogP contribution in [0.2, 0.25) is 0 Å². The first-order valence-electron chi connectivity index (χ1n) is 10.0. The quantitative estimate of drug-likeness (QED) is 0.286. The number of benzene rings is 2. The Bertz CT molecular complexity index is 1010. The van der Waals surface area contributed by atoms with E-state index in [4.69, 9.17) is 4.74 Å². The Balaban J connectivity index is 1.93. The molecule has 0 atom stereocenters. The fraction of sp³-hybridized carbons (Fsp3) is 0.391. The van der Waals surface area contributed by atoms with Crippen LogP contribution in [-0.2, 0) is 10.2 Å². The average molecular weight is 506 g/mol. The summed E-state index contributed by atoms with van der Waals surface area (Å²) in [6.07, 6.45) is 2.15. The predicted molar refractivity (Wildman–Crippen MR) is 127 cm³/mol. The molecule has 0 saturated carbocycles. The Morgan fingerprint density at radius 2 is 1.84 bits per heavy atom. The van der Waals surface area contributed by atoms with Crippen LogP contribution in [0.1, 0.15) is 52.2 Å². The second kappa shape index (κ2) is 10.1. The van der Waals surface area contributed by atoms with E-state index in [9.17, 15) is 20.0 Å². The molecule has 0 saturated heterocycles. The highest BCUT2D eigenvalue weighted by atomic mass is 79.9. The summed E-state index contributed by atoms with van der Waals surface area (Å²) in [5.74, 6) is -0.496. The van der Waals surface area contributed by atoms with Crippen LogP contribution in [0.3, 0.4) is 0 Å². The van der Waals surface area contributed by atoms with Gasteiger partial charge in [-0.3, -0.25) is 14.9 Å². The topological polar surface area (TPSA) is 114 Å². The maximum atomic E-state index is 12.0. The van der Waals surface area contributed by atoms with Crippen molar-refractivity contribution in [1.82, 2.24) is 5.43 Å². The van der Waals surface area contributed by atoms with Crippen LogP contribution in [0.15, 0.2) is 46.0 Å². The highest BCUT2D eigenvalue weighted by Gasteiger charge is 2.27. The Labute approximate surface area is 196 Å². The SMILES string of the molecule is CC(C)(C)CC(C)(C)c1ccc(OCC(=O)N/N=C/c2cc(Br)cc([N+](=O)[O-])c2O)cc1. The van der Waals surface area contributed by atoms with Crippen LogP contribution >= 0.6 is 15.9 Å². The van der Waals surface area contributed by atoms with Crippen molar-refractivity contribution in [1.29, 1.82) is 0 Å². The van der Waals surface area contributed by atoms with Crippen molar-refractivity contribution in [3.8, 4) is 11.5 Å². The lowest BCUT2D eigenvalue weighted by atomic mass is 9.72. The van der Waals surface area contributed by atoms with E-state index in [-0.39, 0.29) is 23.0 Å². The third kappa shape index (κ3) is 7.33. The number of rotatable bonds is 8. The van der Waals surface area contributed by atoms with Gasteiger partial charge in [-0.15, -0.1) is 0 Å². The molecule has 9 heteroatoms. The van der Waals surface area contributed by atoms with Gasteiger partial charge in [0.05, 0.1) is 11.1 Å². The van der Waals surface area contributed by atoms with Crippen molar-refractivity contribution >= 4 is 33.7 Å². The third-order valence-corrected chi connectivity index (χ3v) is 5.11. The molecule has 0 aromatic heterocycles. The first-order chi connectivity index (χ1) is 14.8. The molecular weight excluding hydrogens is 478 g/mol. The zero-order valence-electron chi connectivity index (χ0n) is 18.8. The number of hydrazone groups is 1. The van der Waals surface area contributed by atoms with Gasteiger partial charge >= 0.3 is 5.69 Å². The lowest BCUT2D eigenvalue weighted by Crippen LogP contribution is -2.25. The van der Waals surface area contributed by atoms with Gasteiger partial charge in [-0.1, -0.05) is 62.7 Å². The molecule has 2 aromatic carbocycles. The number of nitrogens with zero attached hydrogens (tertiary/aromatic N) is 2. The number of hydrogen-bond acceptors (Lipinski definition) is 6. The smallest absolute Gasteiger partial charge is 0.312 e. The van der Waals surface area contributed by atoms with Gasteiger partial charge in [-0.05, 0) is 41.0 Å². The predicted octanol–water partition coefficient (Wildman–Crippen LogP) is 5.31. The summed E-state index contributed by atoms with van der Waals surface area (Å²) in [7, 11) is 0. The van der Waals surface area contributed by atoms with Gasteiger partial charge in [0.1, 0.15) is 5.75 Å². The highest BCUT2D eigenvalue weighted by Crippen LogP contribution is 2.36. The van der Waals surface area contributed by atoms with Gasteiger partial charge in [-0.25, -0.2) is 5.43 Å². The standard InChI is InChI=1S/C23H28BrN3O5/c1-22(2,3)14-23(4,5)16-6-8-18(9-7-16)32-13-20(28)26-25-12-15-10-17(24)11-19(21(15)29)27(30)31/h6-12,29H,13-14H2,1-5H3,(H,26,28)/b25-12+. The largest absolute Gasteiger partial charge is 0.502 e. The molecule has 0 aliphatic heterocycles. The number of amides is 1. The average Bonchev–Trinajstić information content (AvgIpc) is 2.67. The molecule has 0 aliphatic rings. The highest BCUT2D eigenvalue weighted by molar-refractivity contribution is 9.10. The summed E-state index contributed by atoms with van der Waals surface area (Å²) >= 11 is 3.13. The number of hydrogen-bond donors (Lipinski definition) is 2. The third-order valence-electron chi connectivity index (χ3n) is 4.65. The van der Waals surface area contributed by atoms with Crippen LogP contribution in [0.25, 0.3) is 0 Å². The summed E-state index contributed by atoms with van der Waals surface area (Å²) in [5.41, 5.74) is 3.29. The normalized spacial score (nSPS) is 12.1. The van der Waals surface area contributed by atoms with Crippen molar-refractivity contribution in [3.05, 3.63) is 62.1 Å². The molecule has 0 unspecified atom stereocenters. The number of nitrogens with one attached hydrogen (secondary N) is 1. The van der Waals surface area contributed by atoms with E-state index in [1.165, 1.54) is 17.7 Å². The Kier molecular flexibility index (Phi) is 8.01. The molecule has 1 amide bonds. The monoisotopic (exact) mass is 505 g/mol. The van der Waals surface area contributed by atoms with Gasteiger partial charge in [0.2, 0.25) is 5.75 Å². The van der Waals surface area contributed by atoms with E-state index in [1.807, 2.05) is 24.3 Å². The fourth-order valence-electron chi connectivity index (χ4n) is 3.63. The number of aromatic hydroxyl groups is 1. The number of nitro benzene ring substituents is 1. The number of halogens is 1. The van der Waals surface area contributed by atoms with Crippen molar-refractivity contribution in [3.63, 3.8) is 0 Å². The lowest BCUT2D eigenvalue weighted by molar-refractivity contribution is -0.385. The molecule has 0 fully saturated rings. The number of nitro groups is 1. The van der Waals surface area contributed by atoms with Crippen LogP contribution in [-0.4, -0.2) is 28.8 Å².